The quantitative estimate of drug-likeness (QED) is 0.495. The van der Waals surface area contributed by atoms with Gasteiger partial charge < -0.3 is 25.6 Å². The number of alkyl carbamates (subject to hydrolysis) is 1. The van der Waals surface area contributed by atoms with E-state index in [1.54, 1.807) is 32.9 Å². The smallest absolute Gasteiger partial charge is 0.408 e. The summed E-state index contributed by atoms with van der Waals surface area (Å²) in [6.07, 6.45) is 0.389. The zero-order chi connectivity index (χ0) is 20.9. The van der Waals surface area contributed by atoms with E-state index in [0.29, 0.717) is 28.7 Å². The van der Waals surface area contributed by atoms with Gasteiger partial charge in [-0.15, -0.1) is 11.3 Å². The maximum Gasteiger partial charge on any atom is 0.408 e. The molecule has 28 heavy (non-hydrogen) atoms. The van der Waals surface area contributed by atoms with Crippen LogP contribution in [-0.4, -0.2) is 60.0 Å². The van der Waals surface area contributed by atoms with Crippen LogP contribution in [0.3, 0.4) is 0 Å². The number of anilines is 1. The molecule has 1 aliphatic heterocycles. The first-order valence-corrected chi connectivity index (χ1v) is 9.83. The first kappa shape index (κ1) is 22.0. The molecule has 1 saturated heterocycles. The molecular formula is C17H23ClN4O5S. The highest BCUT2D eigenvalue weighted by Gasteiger charge is 2.33. The summed E-state index contributed by atoms with van der Waals surface area (Å²) in [6, 6.07) is 2.07. The molecule has 154 valence electrons. The summed E-state index contributed by atoms with van der Waals surface area (Å²) in [5, 5.41) is 8.19. The number of thiophene rings is 1. The van der Waals surface area contributed by atoms with Gasteiger partial charge >= 0.3 is 17.9 Å². The number of nitrogens with one attached hydrogen (secondary N) is 3. The molecule has 0 bridgehead atoms. The number of carbonyl (C=O) groups excluding carboxylic acids is 4. The van der Waals surface area contributed by atoms with Gasteiger partial charge in [0.05, 0.1) is 21.4 Å². The topological polar surface area (TPSA) is 117 Å². The summed E-state index contributed by atoms with van der Waals surface area (Å²) >= 11 is 6.93. The van der Waals surface area contributed by atoms with Crippen LogP contribution in [-0.2, 0) is 19.1 Å². The van der Waals surface area contributed by atoms with Crippen LogP contribution < -0.4 is 16.0 Å². The number of piperidine rings is 1. The molecule has 3 N–H and O–H groups in total. The minimum atomic E-state index is -0.843. The van der Waals surface area contributed by atoms with Crippen molar-refractivity contribution in [3.05, 3.63) is 16.5 Å². The Bertz CT molecular complexity index is 748. The first-order valence-electron chi connectivity index (χ1n) is 8.63. The summed E-state index contributed by atoms with van der Waals surface area (Å²) in [4.78, 5) is 49.0. The molecule has 0 spiro atoms. The first-order chi connectivity index (χ1) is 13.1. The minimum absolute atomic E-state index is 0.190. The predicted octanol–water partition coefficient (Wildman–Crippen LogP) is 1.58. The standard InChI is InChI=1S/C17H23ClN4O5S/c1-17(2,3)27-16(26)20-11-8-22(9-23)7-6-10(11)19-14(24)15(25)21-13-5-4-12(18)28-13/h4-5,9-11H,6-8H2,1-3H3,(H,19,24)(H,20,26)(H,21,25)/t10-,11+/m0/s1. The van der Waals surface area contributed by atoms with Gasteiger partial charge in [-0.3, -0.25) is 14.4 Å². The van der Waals surface area contributed by atoms with Crippen LogP contribution in [0.15, 0.2) is 12.1 Å². The Morgan fingerprint density at radius 3 is 2.50 bits per heavy atom. The van der Waals surface area contributed by atoms with Crippen LogP contribution in [0.25, 0.3) is 0 Å². The van der Waals surface area contributed by atoms with Crippen molar-refractivity contribution in [1.82, 2.24) is 15.5 Å². The van der Waals surface area contributed by atoms with Gasteiger partial charge in [0.25, 0.3) is 0 Å². The third-order valence-corrected chi connectivity index (χ3v) is 4.97. The van der Waals surface area contributed by atoms with Crippen LogP contribution in [0.5, 0.6) is 0 Å². The van der Waals surface area contributed by atoms with Gasteiger partial charge in [-0.05, 0) is 39.3 Å². The molecule has 2 heterocycles. The molecule has 1 aromatic rings. The second-order valence-corrected chi connectivity index (χ2v) is 8.99. The fraction of sp³-hybridized carbons (Fsp3) is 0.529. The van der Waals surface area contributed by atoms with Gasteiger partial charge in [-0.1, -0.05) is 11.6 Å². The van der Waals surface area contributed by atoms with Crippen molar-refractivity contribution in [3.63, 3.8) is 0 Å². The van der Waals surface area contributed by atoms with Gasteiger partial charge in [0.1, 0.15) is 5.60 Å². The summed E-state index contributed by atoms with van der Waals surface area (Å²) in [5.74, 6) is -1.68. The molecule has 0 aromatic carbocycles. The Hall–Kier alpha value is -2.33. The summed E-state index contributed by atoms with van der Waals surface area (Å²) < 4.78 is 5.72. The maximum atomic E-state index is 12.3. The Morgan fingerprint density at radius 2 is 1.93 bits per heavy atom. The second kappa shape index (κ2) is 9.24. The lowest BCUT2D eigenvalue weighted by atomic mass is 9.99. The van der Waals surface area contributed by atoms with Gasteiger partial charge in [-0.25, -0.2) is 4.79 Å². The number of amides is 4. The number of rotatable bonds is 4. The lowest BCUT2D eigenvalue weighted by Crippen LogP contribution is -2.61. The number of hydrogen-bond acceptors (Lipinski definition) is 6. The van der Waals surface area contributed by atoms with Crippen molar-refractivity contribution in [3.8, 4) is 0 Å². The summed E-state index contributed by atoms with van der Waals surface area (Å²) in [6.45, 7) is 5.77. The van der Waals surface area contributed by atoms with Crippen LogP contribution in [0.2, 0.25) is 4.34 Å². The molecule has 11 heteroatoms. The van der Waals surface area contributed by atoms with E-state index >= 15 is 0 Å². The van der Waals surface area contributed by atoms with E-state index in [-0.39, 0.29) is 6.54 Å². The molecule has 0 aliphatic carbocycles. The highest BCUT2D eigenvalue weighted by atomic mass is 35.5. The van der Waals surface area contributed by atoms with E-state index in [4.69, 9.17) is 16.3 Å². The molecule has 2 rings (SSSR count). The fourth-order valence-electron chi connectivity index (χ4n) is 2.63. The van der Waals surface area contributed by atoms with Crippen molar-refractivity contribution in [1.29, 1.82) is 0 Å². The van der Waals surface area contributed by atoms with Gasteiger partial charge in [0.2, 0.25) is 6.41 Å². The van der Waals surface area contributed by atoms with Crippen LogP contribution in [0.4, 0.5) is 9.80 Å². The van der Waals surface area contributed by atoms with E-state index in [9.17, 15) is 19.2 Å². The van der Waals surface area contributed by atoms with Crippen molar-refractivity contribution in [2.75, 3.05) is 18.4 Å². The molecule has 1 aliphatic rings. The zero-order valence-electron chi connectivity index (χ0n) is 15.8. The molecule has 0 saturated carbocycles. The van der Waals surface area contributed by atoms with Gasteiger partial charge in [0, 0.05) is 13.1 Å². The van der Waals surface area contributed by atoms with E-state index in [1.165, 1.54) is 4.90 Å². The third kappa shape index (κ3) is 6.68. The number of hydrogen-bond donors (Lipinski definition) is 3. The van der Waals surface area contributed by atoms with E-state index in [0.717, 1.165) is 11.3 Å². The SMILES string of the molecule is CC(C)(C)OC(=O)N[C@@H]1CN(C=O)CC[C@@H]1NC(=O)C(=O)Nc1ccc(Cl)s1. The highest BCUT2D eigenvalue weighted by Crippen LogP contribution is 2.25. The van der Waals surface area contributed by atoms with Crippen molar-refractivity contribution in [2.45, 2.75) is 44.9 Å². The molecule has 2 atom stereocenters. The fourth-order valence-corrected chi connectivity index (χ4v) is 3.57. The van der Waals surface area contributed by atoms with Crippen LogP contribution in [0.1, 0.15) is 27.2 Å². The van der Waals surface area contributed by atoms with Crippen LogP contribution >= 0.6 is 22.9 Å². The normalized spacial score (nSPS) is 19.5. The Balaban J connectivity index is 1.99. The molecule has 1 fully saturated rings. The van der Waals surface area contributed by atoms with Crippen LogP contribution in [0, 0.1) is 0 Å². The summed E-state index contributed by atoms with van der Waals surface area (Å²) in [5.41, 5.74) is -0.691. The van der Waals surface area contributed by atoms with Crippen molar-refractivity contribution >= 4 is 52.3 Å². The molecule has 4 amide bonds. The average molecular weight is 431 g/mol. The Labute approximate surface area is 171 Å². The Morgan fingerprint density at radius 1 is 1.21 bits per heavy atom. The van der Waals surface area contributed by atoms with Gasteiger partial charge in [-0.2, -0.15) is 0 Å². The van der Waals surface area contributed by atoms with E-state index in [1.807, 2.05) is 0 Å². The van der Waals surface area contributed by atoms with E-state index < -0.39 is 35.6 Å². The lowest BCUT2D eigenvalue weighted by Gasteiger charge is -2.37. The number of halogens is 1. The van der Waals surface area contributed by atoms with E-state index in [2.05, 4.69) is 16.0 Å². The van der Waals surface area contributed by atoms with Crippen molar-refractivity contribution < 1.29 is 23.9 Å². The number of nitrogens with zero attached hydrogens (tertiary/aromatic N) is 1. The number of carbonyl (C=O) groups is 4. The lowest BCUT2D eigenvalue weighted by molar-refractivity contribution is -0.137. The molecule has 0 radical (unpaired) electrons. The van der Waals surface area contributed by atoms with Crippen molar-refractivity contribution in [2.24, 2.45) is 0 Å². The average Bonchev–Trinajstić information content (AvgIpc) is 2.99. The number of likely N-dealkylation sites (tertiary alicyclic amines) is 1. The second-order valence-electron chi connectivity index (χ2n) is 7.28. The highest BCUT2D eigenvalue weighted by molar-refractivity contribution is 7.20. The molecular weight excluding hydrogens is 408 g/mol. The molecule has 9 nitrogen and oxygen atoms in total. The minimum Gasteiger partial charge on any atom is -0.444 e. The monoisotopic (exact) mass is 430 g/mol. The molecule has 0 unspecified atom stereocenters. The predicted molar refractivity (Wildman–Crippen MR) is 105 cm³/mol. The number of ether oxygens (including phenoxy) is 1. The van der Waals surface area contributed by atoms with Gasteiger partial charge in [0.15, 0.2) is 0 Å². The molecule has 1 aromatic heterocycles. The summed E-state index contributed by atoms with van der Waals surface area (Å²) in [7, 11) is 0. The maximum absolute atomic E-state index is 12.3. The third-order valence-electron chi connectivity index (χ3n) is 3.83. The zero-order valence-corrected chi connectivity index (χ0v) is 17.4. The largest absolute Gasteiger partial charge is 0.444 e. The Kier molecular flexibility index (Phi) is 7.25.